The van der Waals surface area contributed by atoms with Crippen molar-refractivity contribution in [3.05, 3.63) is 58.3 Å². The van der Waals surface area contributed by atoms with E-state index in [9.17, 15) is 4.79 Å². The first-order valence-electron chi connectivity index (χ1n) is 6.17. The number of thiophene rings is 1. The summed E-state index contributed by atoms with van der Waals surface area (Å²) in [5, 5.41) is 5.29. The Morgan fingerprint density at radius 1 is 1.26 bits per heavy atom. The molecule has 0 spiro atoms. The maximum atomic E-state index is 11.8. The van der Waals surface area contributed by atoms with E-state index in [0.717, 1.165) is 5.56 Å². The van der Waals surface area contributed by atoms with Crippen LogP contribution in [0.1, 0.15) is 10.4 Å². The summed E-state index contributed by atoms with van der Waals surface area (Å²) in [6.07, 6.45) is 0.638. The zero-order valence-electron chi connectivity index (χ0n) is 10.8. The summed E-state index contributed by atoms with van der Waals surface area (Å²) < 4.78 is 4.86. The van der Waals surface area contributed by atoms with E-state index < -0.39 is 0 Å². The van der Waals surface area contributed by atoms with Crippen LogP contribution in [0.3, 0.4) is 0 Å². The Morgan fingerprint density at radius 2 is 2.05 bits per heavy atom. The number of rotatable bonds is 6. The molecule has 0 radical (unpaired) electrons. The van der Waals surface area contributed by atoms with E-state index in [0.29, 0.717) is 13.0 Å². The third-order valence-electron chi connectivity index (χ3n) is 2.87. The number of hydrogen-bond acceptors (Lipinski definition) is 4. The standard InChI is InChI=1S/C15H17NO2S/c1-18-15(17)14(10-12-6-3-2-4-7-12)16-11-13-8-5-9-19-13/h2-9,14,16H,10-11H2,1H3/t14-/m0/s1. The molecular formula is C15H17NO2S. The summed E-state index contributed by atoms with van der Waals surface area (Å²) in [5.41, 5.74) is 1.12. The van der Waals surface area contributed by atoms with Gasteiger partial charge < -0.3 is 4.74 Å². The molecule has 0 unspecified atom stereocenters. The Morgan fingerprint density at radius 3 is 2.68 bits per heavy atom. The van der Waals surface area contributed by atoms with Crippen LogP contribution in [0, 0.1) is 0 Å². The number of nitrogens with one attached hydrogen (secondary N) is 1. The minimum Gasteiger partial charge on any atom is -0.468 e. The monoisotopic (exact) mass is 275 g/mol. The molecule has 0 amide bonds. The van der Waals surface area contributed by atoms with Crippen molar-refractivity contribution in [1.29, 1.82) is 0 Å². The first kappa shape index (κ1) is 13.8. The van der Waals surface area contributed by atoms with Crippen molar-refractivity contribution in [2.45, 2.75) is 19.0 Å². The molecule has 0 aliphatic rings. The van der Waals surface area contributed by atoms with Crippen molar-refractivity contribution < 1.29 is 9.53 Å². The molecule has 1 atom stereocenters. The average molecular weight is 275 g/mol. The zero-order valence-corrected chi connectivity index (χ0v) is 11.7. The van der Waals surface area contributed by atoms with Crippen molar-refractivity contribution in [1.82, 2.24) is 5.32 Å². The molecule has 2 rings (SSSR count). The fourth-order valence-electron chi connectivity index (χ4n) is 1.87. The van der Waals surface area contributed by atoms with Gasteiger partial charge in [-0.1, -0.05) is 36.4 Å². The average Bonchev–Trinajstić information content (AvgIpc) is 2.97. The van der Waals surface area contributed by atoms with E-state index in [1.165, 1.54) is 12.0 Å². The third kappa shape index (κ3) is 4.19. The van der Waals surface area contributed by atoms with Gasteiger partial charge in [0, 0.05) is 11.4 Å². The fourth-order valence-corrected chi connectivity index (χ4v) is 2.52. The van der Waals surface area contributed by atoms with Crippen molar-refractivity contribution in [3.63, 3.8) is 0 Å². The molecule has 0 saturated heterocycles. The SMILES string of the molecule is COC(=O)[C@H](Cc1ccccc1)NCc1cccs1. The molecule has 0 fully saturated rings. The molecule has 0 bridgehead atoms. The molecule has 1 N–H and O–H groups in total. The van der Waals surface area contributed by atoms with Crippen LogP contribution in [-0.2, 0) is 22.5 Å². The van der Waals surface area contributed by atoms with Crippen LogP contribution in [0.4, 0.5) is 0 Å². The predicted molar refractivity (Wildman–Crippen MR) is 77.1 cm³/mol. The summed E-state index contributed by atoms with van der Waals surface area (Å²) in [4.78, 5) is 13.0. The molecule has 1 aromatic carbocycles. The quantitative estimate of drug-likeness (QED) is 0.824. The van der Waals surface area contributed by atoms with Crippen LogP contribution in [0.25, 0.3) is 0 Å². The van der Waals surface area contributed by atoms with Crippen LogP contribution in [0.5, 0.6) is 0 Å². The van der Waals surface area contributed by atoms with Crippen molar-refractivity contribution in [2.75, 3.05) is 7.11 Å². The highest BCUT2D eigenvalue weighted by Crippen LogP contribution is 2.10. The highest BCUT2D eigenvalue weighted by Gasteiger charge is 2.18. The van der Waals surface area contributed by atoms with Gasteiger partial charge in [0.1, 0.15) is 6.04 Å². The number of carbonyl (C=O) groups excluding carboxylic acids is 1. The maximum absolute atomic E-state index is 11.8. The fraction of sp³-hybridized carbons (Fsp3) is 0.267. The Bertz CT molecular complexity index is 496. The molecule has 100 valence electrons. The highest BCUT2D eigenvalue weighted by molar-refractivity contribution is 7.09. The van der Waals surface area contributed by atoms with Gasteiger partial charge in [0.05, 0.1) is 7.11 Å². The second-order valence-corrected chi connectivity index (χ2v) is 5.26. The topological polar surface area (TPSA) is 38.3 Å². The molecule has 0 saturated carbocycles. The van der Waals surface area contributed by atoms with Gasteiger partial charge in [-0.3, -0.25) is 10.1 Å². The number of hydrogen-bond donors (Lipinski definition) is 1. The normalized spacial score (nSPS) is 12.1. The lowest BCUT2D eigenvalue weighted by molar-refractivity contribution is -0.143. The van der Waals surface area contributed by atoms with Crippen molar-refractivity contribution in [2.24, 2.45) is 0 Å². The van der Waals surface area contributed by atoms with Gasteiger partial charge in [0.2, 0.25) is 0 Å². The first-order valence-corrected chi connectivity index (χ1v) is 7.05. The Labute approximate surface area is 117 Å². The lowest BCUT2D eigenvalue weighted by Gasteiger charge is -2.16. The van der Waals surface area contributed by atoms with Gasteiger partial charge in [0.25, 0.3) is 0 Å². The molecule has 19 heavy (non-hydrogen) atoms. The lowest BCUT2D eigenvalue weighted by Crippen LogP contribution is -2.38. The minimum atomic E-state index is -0.311. The molecule has 3 nitrogen and oxygen atoms in total. The van der Waals surface area contributed by atoms with Gasteiger partial charge >= 0.3 is 5.97 Å². The molecule has 1 heterocycles. The van der Waals surface area contributed by atoms with Gasteiger partial charge in [0.15, 0.2) is 0 Å². The van der Waals surface area contributed by atoms with Crippen LogP contribution in [0.15, 0.2) is 47.8 Å². The molecule has 0 aliphatic carbocycles. The van der Waals surface area contributed by atoms with Gasteiger partial charge in [-0.25, -0.2) is 0 Å². The third-order valence-corrected chi connectivity index (χ3v) is 3.75. The number of carbonyl (C=O) groups is 1. The van der Waals surface area contributed by atoms with E-state index in [2.05, 4.69) is 11.4 Å². The zero-order chi connectivity index (χ0) is 13.5. The van der Waals surface area contributed by atoms with E-state index in [4.69, 9.17) is 4.74 Å². The smallest absolute Gasteiger partial charge is 0.323 e. The summed E-state index contributed by atoms with van der Waals surface area (Å²) in [6, 6.07) is 13.7. The Hall–Kier alpha value is -1.65. The number of ether oxygens (including phenoxy) is 1. The number of esters is 1. The molecule has 0 aliphatic heterocycles. The summed E-state index contributed by atoms with van der Waals surface area (Å²) in [5.74, 6) is -0.222. The summed E-state index contributed by atoms with van der Waals surface area (Å²) in [7, 11) is 1.42. The van der Waals surface area contributed by atoms with Crippen LogP contribution in [-0.4, -0.2) is 19.1 Å². The second kappa shape index (κ2) is 7.07. The van der Waals surface area contributed by atoms with Crippen molar-refractivity contribution in [3.8, 4) is 0 Å². The summed E-state index contributed by atoms with van der Waals surface area (Å²) in [6.45, 7) is 0.685. The molecular weight excluding hydrogens is 258 g/mol. The van der Waals surface area contributed by atoms with E-state index >= 15 is 0 Å². The van der Waals surface area contributed by atoms with Gasteiger partial charge in [-0.05, 0) is 23.4 Å². The molecule has 2 aromatic rings. The molecule has 4 heteroatoms. The first-order chi connectivity index (χ1) is 9.29. The lowest BCUT2D eigenvalue weighted by atomic mass is 10.1. The number of methoxy groups -OCH3 is 1. The van der Waals surface area contributed by atoms with E-state index in [-0.39, 0.29) is 12.0 Å². The van der Waals surface area contributed by atoms with E-state index in [1.54, 1.807) is 11.3 Å². The highest BCUT2D eigenvalue weighted by atomic mass is 32.1. The second-order valence-electron chi connectivity index (χ2n) is 4.23. The van der Waals surface area contributed by atoms with E-state index in [1.807, 2.05) is 41.8 Å². The van der Waals surface area contributed by atoms with Gasteiger partial charge in [-0.15, -0.1) is 11.3 Å². The van der Waals surface area contributed by atoms with Crippen LogP contribution >= 0.6 is 11.3 Å². The van der Waals surface area contributed by atoms with Gasteiger partial charge in [-0.2, -0.15) is 0 Å². The minimum absolute atomic E-state index is 0.222. The van der Waals surface area contributed by atoms with Crippen molar-refractivity contribution >= 4 is 17.3 Å². The maximum Gasteiger partial charge on any atom is 0.323 e. The van der Waals surface area contributed by atoms with Crippen LogP contribution in [0.2, 0.25) is 0 Å². The van der Waals surface area contributed by atoms with Crippen LogP contribution < -0.4 is 5.32 Å². The number of benzene rings is 1. The largest absolute Gasteiger partial charge is 0.468 e. The molecule has 1 aromatic heterocycles. The summed E-state index contributed by atoms with van der Waals surface area (Å²) >= 11 is 1.68. The Kier molecular flexibility index (Phi) is 5.12. The Balaban J connectivity index is 1.97. The predicted octanol–water partition coefficient (Wildman–Crippen LogP) is 2.62.